The van der Waals surface area contributed by atoms with E-state index in [1.165, 1.54) is 12.8 Å². The van der Waals surface area contributed by atoms with E-state index in [1.54, 1.807) is 17.0 Å². The molecule has 2 rings (SSSR count). The van der Waals surface area contributed by atoms with Gasteiger partial charge < -0.3 is 9.88 Å². The normalized spacial score (nSPS) is 17.3. The molecule has 1 heterocycles. The number of nitrogens with one attached hydrogen (secondary N) is 1. The first-order chi connectivity index (χ1) is 9.30. The van der Waals surface area contributed by atoms with Crippen molar-refractivity contribution in [3.63, 3.8) is 0 Å². The van der Waals surface area contributed by atoms with Gasteiger partial charge in [0, 0.05) is 36.6 Å². The van der Waals surface area contributed by atoms with Crippen molar-refractivity contribution in [2.75, 3.05) is 18.9 Å². The van der Waals surface area contributed by atoms with Crippen LogP contribution in [0.15, 0.2) is 17.2 Å². The Kier molecular flexibility index (Phi) is 4.18. The molecule has 1 aliphatic rings. The van der Waals surface area contributed by atoms with Crippen molar-refractivity contribution in [2.24, 2.45) is 0 Å². The fraction of sp³-hybridized carbons (Fsp3) is 0.733. The van der Waals surface area contributed by atoms with E-state index >= 15 is 0 Å². The van der Waals surface area contributed by atoms with Crippen molar-refractivity contribution in [3.05, 3.63) is 22.7 Å². The summed E-state index contributed by atoms with van der Waals surface area (Å²) in [6.45, 7) is 8.96. The molecule has 0 bridgehead atoms. The molecule has 1 aromatic rings. The number of hydrogen-bond acceptors (Lipinski definition) is 4. The first-order valence-corrected chi connectivity index (χ1v) is 7.34. The largest absolute Gasteiger partial charge is 0.364 e. The average Bonchev–Trinajstić information content (AvgIpc) is 3.19. The second kappa shape index (κ2) is 5.56. The number of aromatic nitrogens is 2. The van der Waals surface area contributed by atoms with Crippen LogP contribution in [0, 0.1) is 0 Å². The maximum Gasteiger partial charge on any atom is 0.293 e. The highest BCUT2D eigenvalue weighted by Gasteiger charge is 2.29. The van der Waals surface area contributed by atoms with E-state index in [0.29, 0.717) is 11.9 Å². The number of anilines is 1. The maximum absolute atomic E-state index is 12.4. The minimum absolute atomic E-state index is 0.0544. The molecular formula is C15H26N4O. The van der Waals surface area contributed by atoms with Gasteiger partial charge in [-0.2, -0.15) is 0 Å². The highest BCUT2D eigenvalue weighted by Crippen LogP contribution is 2.26. The highest BCUT2D eigenvalue weighted by atomic mass is 16.1. The lowest BCUT2D eigenvalue weighted by atomic mass is 10.1. The van der Waals surface area contributed by atoms with E-state index in [4.69, 9.17) is 0 Å². The van der Waals surface area contributed by atoms with Crippen LogP contribution in [0.25, 0.3) is 0 Å². The van der Waals surface area contributed by atoms with Crippen molar-refractivity contribution >= 4 is 5.82 Å². The van der Waals surface area contributed by atoms with Crippen molar-refractivity contribution in [3.8, 4) is 0 Å². The summed E-state index contributed by atoms with van der Waals surface area (Å²) in [5.41, 5.74) is -0.284. The van der Waals surface area contributed by atoms with E-state index in [0.717, 1.165) is 12.6 Å². The van der Waals surface area contributed by atoms with Crippen LogP contribution in [0.3, 0.4) is 0 Å². The third kappa shape index (κ3) is 3.39. The topological polar surface area (TPSA) is 50.2 Å². The van der Waals surface area contributed by atoms with Gasteiger partial charge in [-0.1, -0.05) is 0 Å². The summed E-state index contributed by atoms with van der Waals surface area (Å²) < 4.78 is 1.72. The van der Waals surface area contributed by atoms with Crippen molar-refractivity contribution in [1.29, 1.82) is 0 Å². The van der Waals surface area contributed by atoms with Crippen LogP contribution in [-0.2, 0) is 5.54 Å². The summed E-state index contributed by atoms with van der Waals surface area (Å²) in [7, 11) is 2.15. The first kappa shape index (κ1) is 15.0. The van der Waals surface area contributed by atoms with Gasteiger partial charge in [-0.15, -0.1) is 0 Å². The summed E-state index contributed by atoms with van der Waals surface area (Å²) in [5.74, 6) is 0.443. The molecule has 1 aliphatic carbocycles. The third-order valence-electron chi connectivity index (χ3n) is 3.95. The highest BCUT2D eigenvalue weighted by molar-refractivity contribution is 5.31. The Morgan fingerprint density at radius 2 is 2.15 bits per heavy atom. The molecule has 1 saturated carbocycles. The predicted molar refractivity (Wildman–Crippen MR) is 82.2 cm³/mol. The van der Waals surface area contributed by atoms with Crippen LogP contribution in [0.1, 0.15) is 40.5 Å². The van der Waals surface area contributed by atoms with Crippen molar-refractivity contribution in [1.82, 2.24) is 14.5 Å². The Balaban J connectivity index is 2.04. The van der Waals surface area contributed by atoms with Gasteiger partial charge in [0.15, 0.2) is 5.82 Å². The molecule has 1 aromatic heterocycles. The minimum atomic E-state index is -0.229. The molecule has 1 atom stereocenters. The number of likely N-dealkylation sites (N-methyl/N-ethyl adjacent to an activating group) is 1. The summed E-state index contributed by atoms with van der Waals surface area (Å²) in [6, 6.07) is 1.12. The minimum Gasteiger partial charge on any atom is -0.364 e. The molecule has 0 spiro atoms. The Morgan fingerprint density at radius 1 is 1.50 bits per heavy atom. The van der Waals surface area contributed by atoms with E-state index in [-0.39, 0.29) is 11.1 Å². The Morgan fingerprint density at radius 3 is 2.70 bits per heavy atom. The standard InChI is InChI=1S/C15H26N4O/c1-11(18(5)12-6-7-12)10-17-13-14(20)19(9-8-16-13)15(2,3)4/h8-9,11-12H,6-7,10H2,1-5H3,(H,16,17). The van der Waals surface area contributed by atoms with Crippen LogP contribution in [0.4, 0.5) is 5.82 Å². The van der Waals surface area contributed by atoms with Crippen molar-refractivity contribution < 1.29 is 0 Å². The quantitative estimate of drug-likeness (QED) is 0.893. The van der Waals surface area contributed by atoms with E-state index in [2.05, 4.69) is 29.2 Å². The molecule has 0 radical (unpaired) electrons. The second-order valence-electron chi connectivity index (χ2n) is 6.75. The van der Waals surface area contributed by atoms with Crippen LogP contribution >= 0.6 is 0 Å². The van der Waals surface area contributed by atoms with E-state index in [1.807, 2.05) is 20.8 Å². The lowest BCUT2D eigenvalue weighted by molar-refractivity contribution is 0.257. The SMILES string of the molecule is CC(CNc1nccn(C(C)(C)C)c1=O)N(C)C1CC1. The molecule has 112 valence electrons. The molecule has 20 heavy (non-hydrogen) atoms. The zero-order valence-corrected chi connectivity index (χ0v) is 13.2. The molecule has 5 heteroatoms. The number of hydrogen-bond donors (Lipinski definition) is 1. The van der Waals surface area contributed by atoms with Gasteiger partial charge in [-0.3, -0.25) is 9.69 Å². The summed E-state index contributed by atoms with van der Waals surface area (Å²) >= 11 is 0. The first-order valence-electron chi connectivity index (χ1n) is 7.34. The fourth-order valence-corrected chi connectivity index (χ4v) is 2.29. The van der Waals surface area contributed by atoms with Crippen LogP contribution in [-0.4, -0.2) is 40.1 Å². The van der Waals surface area contributed by atoms with Crippen molar-refractivity contribution in [2.45, 2.75) is 58.2 Å². The van der Waals surface area contributed by atoms with Gasteiger partial charge in [-0.05, 0) is 47.6 Å². The fourth-order valence-electron chi connectivity index (χ4n) is 2.29. The molecule has 0 saturated heterocycles. The Hall–Kier alpha value is -1.36. The van der Waals surface area contributed by atoms with Gasteiger partial charge >= 0.3 is 0 Å². The van der Waals surface area contributed by atoms with Gasteiger partial charge in [0.2, 0.25) is 0 Å². The molecule has 1 N–H and O–H groups in total. The lowest BCUT2D eigenvalue weighted by Gasteiger charge is -2.25. The zero-order valence-electron chi connectivity index (χ0n) is 13.2. The molecule has 0 amide bonds. The van der Waals surface area contributed by atoms with Gasteiger partial charge in [0.05, 0.1) is 0 Å². The molecular weight excluding hydrogens is 252 g/mol. The maximum atomic E-state index is 12.4. The number of rotatable bonds is 5. The van der Waals surface area contributed by atoms with Gasteiger partial charge in [0.25, 0.3) is 5.56 Å². The monoisotopic (exact) mass is 278 g/mol. The van der Waals surface area contributed by atoms with Gasteiger partial charge in [-0.25, -0.2) is 4.98 Å². The molecule has 0 aromatic carbocycles. The predicted octanol–water partition coefficient (Wildman–Crippen LogP) is 1.89. The summed E-state index contributed by atoms with van der Waals surface area (Å²) in [6.07, 6.45) is 6.01. The number of nitrogens with zero attached hydrogens (tertiary/aromatic N) is 3. The molecule has 1 fully saturated rings. The van der Waals surface area contributed by atoms with E-state index in [9.17, 15) is 4.79 Å². The second-order valence-corrected chi connectivity index (χ2v) is 6.75. The average molecular weight is 278 g/mol. The zero-order chi connectivity index (χ0) is 14.9. The van der Waals surface area contributed by atoms with Crippen LogP contribution < -0.4 is 10.9 Å². The van der Waals surface area contributed by atoms with Crippen LogP contribution in [0.2, 0.25) is 0 Å². The molecule has 5 nitrogen and oxygen atoms in total. The molecule has 0 aliphatic heterocycles. The summed E-state index contributed by atoms with van der Waals surface area (Å²) in [4.78, 5) is 18.9. The lowest BCUT2D eigenvalue weighted by Crippen LogP contribution is -2.39. The van der Waals surface area contributed by atoms with Crippen LogP contribution in [0.5, 0.6) is 0 Å². The smallest absolute Gasteiger partial charge is 0.293 e. The van der Waals surface area contributed by atoms with E-state index < -0.39 is 0 Å². The van der Waals surface area contributed by atoms with Gasteiger partial charge in [0.1, 0.15) is 0 Å². The summed E-state index contributed by atoms with van der Waals surface area (Å²) in [5, 5.41) is 3.20. The molecule has 1 unspecified atom stereocenters. The third-order valence-corrected chi connectivity index (χ3v) is 3.95. The Bertz CT molecular complexity index is 513. The Labute approximate surface area is 121 Å².